The summed E-state index contributed by atoms with van der Waals surface area (Å²) in [5.41, 5.74) is 5.33. The van der Waals surface area contributed by atoms with Crippen LogP contribution in [0.15, 0.2) is 146 Å². The molecule has 0 spiro atoms. The molecule has 0 N–H and O–H groups in total. The zero-order valence-corrected chi connectivity index (χ0v) is 25.1. The van der Waals surface area contributed by atoms with Crippen molar-refractivity contribution in [1.29, 1.82) is 10.5 Å². The van der Waals surface area contributed by atoms with Crippen molar-refractivity contribution in [3.63, 3.8) is 0 Å². The first-order valence-electron chi connectivity index (χ1n) is 14.0. The Kier molecular flexibility index (Phi) is 12.4. The van der Waals surface area contributed by atoms with E-state index in [1.807, 2.05) is 43.3 Å². The van der Waals surface area contributed by atoms with Crippen LogP contribution in [-0.2, 0) is 0 Å². The van der Waals surface area contributed by atoms with E-state index < -0.39 is 11.6 Å². The molecule has 4 aromatic rings. The Morgan fingerprint density at radius 2 is 1.29 bits per heavy atom. The van der Waals surface area contributed by atoms with Gasteiger partial charge in [-0.2, -0.15) is 10.5 Å². The van der Waals surface area contributed by atoms with Gasteiger partial charge in [0.1, 0.15) is 17.5 Å². The third-order valence-electron chi connectivity index (χ3n) is 6.74. The van der Waals surface area contributed by atoms with Crippen LogP contribution in [0.5, 0.6) is 0 Å². The number of nitrogens with zero attached hydrogens (tertiary/aromatic N) is 2. The summed E-state index contributed by atoms with van der Waals surface area (Å²) >= 11 is 0. The van der Waals surface area contributed by atoms with Gasteiger partial charge < -0.3 is 0 Å². The van der Waals surface area contributed by atoms with E-state index in [1.54, 1.807) is 61.6 Å². The molecule has 0 heterocycles. The largest absolute Gasteiger partial charge is 0.207 e. The SMILES string of the molecule is C=C/C(=C\C(F)=C(/C)c1ccc(C#N)cc1)c1ccccc1.C=C/C=C(\C=C/C)c1cc(F)c(-c2ccc(C#N)cc2)c(F)c1. The molecule has 0 radical (unpaired) electrons. The maximum atomic E-state index is 14.5. The van der Waals surface area contributed by atoms with Crippen molar-refractivity contribution < 1.29 is 13.2 Å². The Bertz CT molecular complexity index is 1840. The molecule has 45 heavy (non-hydrogen) atoms. The first-order chi connectivity index (χ1) is 21.8. The first-order valence-corrected chi connectivity index (χ1v) is 14.0. The molecule has 5 heteroatoms. The molecule has 0 unspecified atom stereocenters. The highest BCUT2D eigenvalue weighted by atomic mass is 19.1. The molecule has 4 rings (SSSR count). The van der Waals surface area contributed by atoms with Crippen LogP contribution in [-0.4, -0.2) is 0 Å². The fourth-order valence-electron chi connectivity index (χ4n) is 4.35. The summed E-state index contributed by atoms with van der Waals surface area (Å²) in [5.74, 6) is -1.61. The lowest BCUT2D eigenvalue weighted by molar-refractivity contribution is 0.589. The fraction of sp³-hybridized carbons (Fsp3) is 0.0500. The second-order valence-corrected chi connectivity index (χ2v) is 9.69. The topological polar surface area (TPSA) is 47.6 Å². The Balaban J connectivity index is 0.000000246. The minimum atomic E-state index is -0.649. The molecular formula is C40H31F3N2. The smallest absolute Gasteiger partial charge is 0.134 e. The molecule has 222 valence electrons. The predicted octanol–water partition coefficient (Wildman–Crippen LogP) is 11.2. The van der Waals surface area contributed by atoms with Crippen molar-refractivity contribution in [3.05, 3.63) is 186 Å². The van der Waals surface area contributed by atoms with E-state index >= 15 is 0 Å². The van der Waals surface area contributed by atoms with Crippen molar-refractivity contribution in [1.82, 2.24) is 0 Å². The van der Waals surface area contributed by atoms with Crippen LogP contribution < -0.4 is 0 Å². The van der Waals surface area contributed by atoms with Gasteiger partial charge in [-0.15, -0.1) is 0 Å². The van der Waals surface area contributed by atoms with Crippen molar-refractivity contribution in [2.45, 2.75) is 13.8 Å². The number of nitriles is 2. The lowest BCUT2D eigenvalue weighted by Crippen LogP contribution is -1.94. The van der Waals surface area contributed by atoms with E-state index in [9.17, 15) is 13.2 Å². The highest BCUT2D eigenvalue weighted by Gasteiger charge is 2.14. The van der Waals surface area contributed by atoms with Gasteiger partial charge in [0.2, 0.25) is 0 Å². The van der Waals surface area contributed by atoms with Crippen LogP contribution in [0.25, 0.3) is 27.8 Å². The third kappa shape index (κ3) is 9.04. The van der Waals surface area contributed by atoms with Gasteiger partial charge in [0, 0.05) is 0 Å². The normalized spacial score (nSPS) is 11.9. The Morgan fingerprint density at radius 3 is 1.78 bits per heavy atom. The fourth-order valence-corrected chi connectivity index (χ4v) is 4.35. The van der Waals surface area contributed by atoms with Gasteiger partial charge in [0.25, 0.3) is 0 Å². The second-order valence-electron chi connectivity index (χ2n) is 9.69. The molecular weight excluding hydrogens is 565 g/mol. The van der Waals surface area contributed by atoms with Crippen LogP contribution in [0, 0.1) is 34.3 Å². The maximum absolute atomic E-state index is 14.5. The summed E-state index contributed by atoms with van der Waals surface area (Å²) in [7, 11) is 0. The van der Waals surface area contributed by atoms with E-state index in [2.05, 4.69) is 19.2 Å². The minimum Gasteiger partial charge on any atom is -0.207 e. The summed E-state index contributed by atoms with van der Waals surface area (Å²) in [6.07, 6.45) is 9.93. The maximum Gasteiger partial charge on any atom is 0.134 e. The molecule has 0 bridgehead atoms. The summed E-state index contributed by atoms with van der Waals surface area (Å²) in [6, 6.07) is 29.2. The van der Waals surface area contributed by atoms with E-state index in [1.165, 1.54) is 42.5 Å². The van der Waals surface area contributed by atoms with Gasteiger partial charge in [-0.1, -0.05) is 98.1 Å². The van der Waals surface area contributed by atoms with Crippen LogP contribution >= 0.6 is 0 Å². The van der Waals surface area contributed by atoms with Crippen LogP contribution in [0.3, 0.4) is 0 Å². The highest BCUT2D eigenvalue weighted by molar-refractivity contribution is 5.79. The van der Waals surface area contributed by atoms with Crippen molar-refractivity contribution >= 4 is 16.7 Å². The van der Waals surface area contributed by atoms with E-state index in [0.717, 1.165) is 16.7 Å². The Hall–Kier alpha value is -5.91. The molecule has 0 aliphatic heterocycles. The van der Waals surface area contributed by atoms with Crippen molar-refractivity contribution in [2.24, 2.45) is 0 Å². The van der Waals surface area contributed by atoms with Gasteiger partial charge in [-0.05, 0) is 95.3 Å². The summed E-state index contributed by atoms with van der Waals surface area (Å²) in [5, 5.41) is 17.6. The zero-order chi connectivity index (χ0) is 32.8. The molecule has 4 aromatic carbocycles. The first kappa shape index (κ1) is 33.6. The lowest BCUT2D eigenvalue weighted by atomic mass is 9.98. The van der Waals surface area contributed by atoms with Crippen LogP contribution in [0.1, 0.15) is 41.7 Å². The molecule has 0 aliphatic carbocycles. The number of hydrogen-bond donors (Lipinski definition) is 0. The summed E-state index contributed by atoms with van der Waals surface area (Å²) in [4.78, 5) is 0. The molecule has 2 nitrogen and oxygen atoms in total. The van der Waals surface area contributed by atoms with Crippen molar-refractivity contribution in [3.8, 4) is 23.3 Å². The molecule has 0 aromatic heterocycles. The lowest BCUT2D eigenvalue weighted by Gasteiger charge is -2.09. The van der Waals surface area contributed by atoms with E-state index in [4.69, 9.17) is 10.5 Å². The van der Waals surface area contributed by atoms with Gasteiger partial charge in [0.05, 0.1) is 28.8 Å². The molecule has 0 atom stereocenters. The Labute approximate surface area is 263 Å². The van der Waals surface area contributed by atoms with Gasteiger partial charge in [0.15, 0.2) is 0 Å². The molecule has 0 amide bonds. The number of halogens is 3. The monoisotopic (exact) mass is 596 g/mol. The van der Waals surface area contributed by atoms with Crippen LogP contribution in [0.4, 0.5) is 13.2 Å². The summed E-state index contributed by atoms with van der Waals surface area (Å²) < 4.78 is 43.4. The highest BCUT2D eigenvalue weighted by Crippen LogP contribution is 2.30. The quantitative estimate of drug-likeness (QED) is 0.190. The molecule has 0 saturated heterocycles. The number of benzene rings is 4. The minimum absolute atomic E-state index is 0.100. The summed E-state index contributed by atoms with van der Waals surface area (Å²) in [6.45, 7) is 10.9. The zero-order valence-electron chi connectivity index (χ0n) is 25.1. The van der Waals surface area contributed by atoms with Gasteiger partial charge in [-0.3, -0.25) is 0 Å². The molecule has 0 saturated carbocycles. The third-order valence-corrected chi connectivity index (χ3v) is 6.74. The molecule has 0 fully saturated rings. The van der Waals surface area contributed by atoms with Gasteiger partial charge in [-0.25, -0.2) is 13.2 Å². The Morgan fingerprint density at radius 1 is 0.733 bits per heavy atom. The second kappa shape index (κ2) is 16.7. The number of allylic oxidation sites excluding steroid dienone is 10. The predicted molar refractivity (Wildman–Crippen MR) is 179 cm³/mol. The molecule has 0 aliphatic rings. The van der Waals surface area contributed by atoms with E-state index in [0.29, 0.717) is 33.4 Å². The average Bonchev–Trinajstić information content (AvgIpc) is 3.07. The average molecular weight is 597 g/mol. The van der Waals surface area contributed by atoms with Crippen molar-refractivity contribution in [2.75, 3.05) is 0 Å². The van der Waals surface area contributed by atoms with Crippen LogP contribution in [0.2, 0.25) is 0 Å². The standard InChI is InChI=1S/C20H15F2N.C20H16FN/c1-3-5-15(6-4-2)17-11-18(21)20(19(22)12-17)16-9-7-14(13-23)8-10-16;1-3-17(19-7-5-4-6-8-19)13-20(21)15(2)18-11-9-16(14-22)10-12-18/h3-12H,1H2,2H3;3-13H,1H2,2H3/b6-4-,15-5+;17-13+,20-15-. The van der Waals surface area contributed by atoms with Gasteiger partial charge >= 0.3 is 0 Å². The number of rotatable bonds is 8. The van der Waals surface area contributed by atoms with E-state index in [-0.39, 0.29) is 11.4 Å². The number of hydrogen-bond acceptors (Lipinski definition) is 2.